The van der Waals surface area contributed by atoms with Crippen molar-refractivity contribution in [2.75, 3.05) is 6.61 Å². The molecule has 0 aliphatic heterocycles. The Morgan fingerprint density at radius 1 is 1.00 bits per heavy atom. The summed E-state index contributed by atoms with van der Waals surface area (Å²) in [5.41, 5.74) is 4.74. The highest BCUT2D eigenvalue weighted by Crippen LogP contribution is 2.16. The van der Waals surface area contributed by atoms with Crippen LogP contribution in [-0.4, -0.2) is 24.7 Å². The predicted octanol–water partition coefficient (Wildman–Crippen LogP) is 5.04. The number of aryl methyl sites for hydroxylation is 1. The van der Waals surface area contributed by atoms with Crippen molar-refractivity contribution in [3.8, 4) is 11.5 Å². The summed E-state index contributed by atoms with van der Waals surface area (Å²) >= 11 is 5.89. The van der Waals surface area contributed by atoms with Gasteiger partial charge in [0.15, 0.2) is 6.61 Å². The van der Waals surface area contributed by atoms with Crippen LogP contribution in [0.25, 0.3) is 0 Å². The number of halogens is 1. The molecule has 3 aromatic rings. The minimum atomic E-state index is -0.499. The lowest BCUT2D eigenvalue weighted by molar-refractivity contribution is -0.123. The highest BCUT2D eigenvalue weighted by atomic mass is 35.5. The van der Waals surface area contributed by atoms with E-state index in [0.717, 1.165) is 18.4 Å². The van der Waals surface area contributed by atoms with Gasteiger partial charge in [0.05, 0.1) is 11.8 Å². The van der Waals surface area contributed by atoms with Gasteiger partial charge in [0, 0.05) is 5.02 Å². The van der Waals surface area contributed by atoms with Crippen molar-refractivity contribution >= 4 is 29.7 Å². The number of carbonyl (C=O) groups is 2. The normalized spacial score (nSPS) is 10.7. The van der Waals surface area contributed by atoms with E-state index in [2.05, 4.69) is 17.5 Å². The van der Waals surface area contributed by atoms with Gasteiger partial charge in [-0.15, -0.1) is 0 Å². The van der Waals surface area contributed by atoms with Crippen molar-refractivity contribution in [2.24, 2.45) is 5.10 Å². The molecule has 0 atom stereocenters. The first-order valence-electron chi connectivity index (χ1n) is 10.1. The third kappa shape index (κ3) is 7.25. The molecule has 164 valence electrons. The van der Waals surface area contributed by atoms with Crippen LogP contribution in [0.4, 0.5) is 0 Å². The van der Waals surface area contributed by atoms with Crippen molar-refractivity contribution in [1.82, 2.24) is 5.43 Å². The Morgan fingerprint density at radius 3 is 2.41 bits per heavy atom. The second kappa shape index (κ2) is 11.7. The number of rotatable bonds is 9. The fourth-order valence-corrected chi connectivity index (χ4v) is 2.99. The minimum Gasteiger partial charge on any atom is -0.484 e. The minimum absolute atomic E-state index is 0.136. The van der Waals surface area contributed by atoms with Crippen molar-refractivity contribution in [1.29, 1.82) is 0 Å². The molecule has 0 unspecified atom stereocenters. The predicted molar refractivity (Wildman–Crippen MR) is 125 cm³/mol. The van der Waals surface area contributed by atoms with Gasteiger partial charge in [-0.2, -0.15) is 5.10 Å². The molecule has 1 N–H and O–H groups in total. The summed E-state index contributed by atoms with van der Waals surface area (Å²) in [5, 5.41) is 4.37. The molecule has 0 heterocycles. The van der Waals surface area contributed by atoms with E-state index in [1.165, 1.54) is 11.8 Å². The van der Waals surface area contributed by atoms with Crippen LogP contribution in [0.2, 0.25) is 5.02 Å². The lowest BCUT2D eigenvalue weighted by Gasteiger charge is -2.06. The molecule has 0 aliphatic rings. The SMILES string of the molecule is CCCc1ccc(OCC(=O)N/N=C\c2ccc(OC(=O)c3cccc(Cl)c3)cc2)cc1. The molecule has 3 rings (SSSR count). The highest BCUT2D eigenvalue weighted by molar-refractivity contribution is 6.30. The van der Waals surface area contributed by atoms with Crippen molar-refractivity contribution in [3.05, 3.63) is 94.5 Å². The van der Waals surface area contributed by atoms with Crippen molar-refractivity contribution < 1.29 is 19.1 Å². The van der Waals surface area contributed by atoms with Gasteiger partial charge in [0.2, 0.25) is 0 Å². The molecule has 32 heavy (non-hydrogen) atoms. The van der Waals surface area contributed by atoms with E-state index in [0.29, 0.717) is 22.1 Å². The maximum Gasteiger partial charge on any atom is 0.343 e. The van der Waals surface area contributed by atoms with Crippen LogP contribution in [0.1, 0.15) is 34.8 Å². The molecule has 3 aromatic carbocycles. The summed E-state index contributed by atoms with van der Waals surface area (Å²) in [5.74, 6) is 0.147. The third-order valence-corrected chi connectivity index (χ3v) is 4.62. The molecule has 6 nitrogen and oxygen atoms in total. The Hall–Kier alpha value is -3.64. The van der Waals surface area contributed by atoms with E-state index in [1.807, 2.05) is 24.3 Å². The van der Waals surface area contributed by atoms with Gasteiger partial charge in [-0.3, -0.25) is 4.79 Å². The molecule has 0 saturated heterocycles. The topological polar surface area (TPSA) is 77.0 Å². The Balaban J connectivity index is 1.44. The smallest absolute Gasteiger partial charge is 0.343 e. The summed E-state index contributed by atoms with van der Waals surface area (Å²) in [7, 11) is 0. The van der Waals surface area contributed by atoms with Gasteiger partial charge in [-0.25, -0.2) is 10.2 Å². The van der Waals surface area contributed by atoms with Crippen molar-refractivity contribution in [2.45, 2.75) is 19.8 Å². The molecule has 1 amide bonds. The quantitative estimate of drug-likeness (QED) is 0.214. The Labute approximate surface area is 191 Å². The lowest BCUT2D eigenvalue weighted by atomic mass is 10.1. The average molecular weight is 451 g/mol. The van der Waals surface area contributed by atoms with Gasteiger partial charge in [-0.05, 0) is 72.1 Å². The number of esters is 1. The number of hydrazone groups is 1. The second-order valence-corrected chi connectivity index (χ2v) is 7.38. The zero-order chi connectivity index (χ0) is 22.8. The Kier molecular flexibility index (Phi) is 8.40. The molecule has 0 bridgehead atoms. The highest BCUT2D eigenvalue weighted by Gasteiger charge is 2.09. The maximum atomic E-state index is 12.1. The van der Waals surface area contributed by atoms with Gasteiger partial charge in [-0.1, -0.05) is 43.1 Å². The zero-order valence-electron chi connectivity index (χ0n) is 17.6. The van der Waals surface area contributed by atoms with Gasteiger partial charge in [0.1, 0.15) is 11.5 Å². The van der Waals surface area contributed by atoms with Gasteiger partial charge >= 0.3 is 5.97 Å². The van der Waals surface area contributed by atoms with Gasteiger partial charge < -0.3 is 9.47 Å². The van der Waals surface area contributed by atoms with Crippen LogP contribution in [0.5, 0.6) is 11.5 Å². The first-order chi connectivity index (χ1) is 15.5. The summed E-state index contributed by atoms with van der Waals surface area (Å²) in [6.45, 7) is 1.99. The number of hydrogen-bond donors (Lipinski definition) is 1. The Morgan fingerprint density at radius 2 is 1.72 bits per heavy atom. The largest absolute Gasteiger partial charge is 0.484 e. The number of benzene rings is 3. The van der Waals surface area contributed by atoms with Crippen molar-refractivity contribution in [3.63, 3.8) is 0 Å². The second-order valence-electron chi connectivity index (χ2n) is 6.94. The van der Waals surface area contributed by atoms with E-state index in [1.54, 1.807) is 48.5 Å². The monoisotopic (exact) mass is 450 g/mol. The zero-order valence-corrected chi connectivity index (χ0v) is 18.3. The maximum absolute atomic E-state index is 12.1. The van der Waals surface area contributed by atoms with Gasteiger partial charge in [0.25, 0.3) is 5.91 Å². The Bertz CT molecular complexity index is 1080. The summed E-state index contributed by atoms with van der Waals surface area (Å²) in [6, 6.07) is 20.9. The molecule has 0 aromatic heterocycles. The molecule has 7 heteroatoms. The molecule has 0 fully saturated rings. The summed E-state index contributed by atoms with van der Waals surface area (Å²) in [6.07, 6.45) is 3.58. The fraction of sp³-hybridized carbons (Fsp3) is 0.160. The molecular weight excluding hydrogens is 428 g/mol. The third-order valence-electron chi connectivity index (χ3n) is 4.39. The van der Waals surface area contributed by atoms with Crippen LogP contribution in [0.15, 0.2) is 77.9 Å². The lowest BCUT2D eigenvalue weighted by Crippen LogP contribution is -2.24. The standard InChI is InChI=1S/C25H23ClN2O4/c1-2-4-18-7-11-22(12-8-18)31-17-24(29)28-27-16-19-9-13-23(14-10-19)32-25(30)20-5-3-6-21(26)15-20/h3,5-16H,2,4,17H2,1H3,(H,28,29)/b27-16-. The summed E-state index contributed by atoms with van der Waals surface area (Å²) in [4.78, 5) is 24.0. The van der Waals surface area contributed by atoms with Crippen LogP contribution in [0.3, 0.4) is 0 Å². The van der Waals surface area contributed by atoms with E-state index in [-0.39, 0.29) is 12.5 Å². The first kappa shape index (κ1) is 23.0. The number of ether oxygens (including phenoxy) is 2. The van der Waals surface area contributed by atoms with E-state index in [4.69, 9.17) is 21.1 Å². The van der Waals surface area contributed by atoms with E-state index < -0.39 is 5.97 Å². The number of nitrogens with one attached hydrogen (secondary N) is 1. The number of carbonyl (C=O) groups excluding carboxylic acids is 2. The average Bonchev–Trinajstić information content (AvgIpc) is 2.80. The fourth-order valence-electron chi connectivity index (χ4n) is 2.80. The first-order valence-corrected chi connectivity index (χ1v) is 10.5. The van der Waals surface area contributed by atoms with Crippen LogP contribution >= 0.6 is 11.6 Å². The molecule has 0 aliphatic carbocycles. The van der Waals surface area contributed by atoms with Crippen LogP contribution < -0.4 is 14.9 Å². The van der Waals surface area contributed by atoms with E-state index >= 15 is 0 Å². The molecule has 0 spiro atoms. The van der Waals surface area contributed by atoms with Crippen LogP contribution in [-0.2, 0) is 11.2 Å². The van der Waals surface area contributed by atoms with Crippen LogP contribution in [0, 0.1) is 0 Å². The number of nitrogens with zero attached hydrogens (tertiary/aromatic N) is 1. The molecule has 0 radical (unpaired) electrons. The number of hydrogen-bond acceptors (Lipinski definition) is 5. The molecular formula is C25H23ClN2O4. The molecule has 0 saturated carbocycles. The van der Waals surface area contributed by atoms with E-state index in [9.17, 15) is 9.59 Å². The number of amides is 1. The summed E-state index contributed by atoms with van der Waals surface area (Å²) < 4.78 is 10.8.